The van der Waals surface area contributed by atoms with Gasteiger partial charge in [0, 0.05) is 32.1 Å². The van der Waals surface area contributed by atoms with Gasteiger partial charge in [0.25, 0.3) is 5.92 Å². The zero-order valence-electron chi connectivity index (χ0n) is 7.96. The first kappa shape index (κ1) is 11.0. The van der Waals surface area contributed by atoms with E-state index in [1.165, 1.54) is 6.33 Å². The molecule has 82 valence electrons. The van der Waals surface area contributed by atoms with Crippen LogP contribution in [-0.2, 0) is 0 Å². The van der Waals surface area contributed by atoms with Crippen molar-refractivity contribution >= 4 is 28.4 Å². The third-order valence-corrected chi connectivity index (χ3v) is 3.20. The SMILES string of the molecule is FC1(F)CCN(c2ncncc2I)CC1. The largest absolute Gasteiger partial charge is 0.355 e. The summed E-state index contributed by atoms with van der Waals surface area (Å²) in [5.74, 6) is -1.74. The minimum Gasteiger partial charge on any atom is -0.355 e. The quantitative estimate of drug-likeness (QED) is 0.742. The normalized spacial score (nSPS) is 20.3. The van der Waals surface area contributed by atoms with E-state index in [-0.39, 0.29) is 12.8 Å². The fourth-order valence-electron chi connectivity index (χ4n) is 1.58. The first-order chi connectivity index (χ1) is 7.08. The summed E-state index contributed by atoms with van der Waals surface area (Å²) in [6.45, 7) is 0.722. The molecule has 1 saturated heterocycles. The highest BCUT2D eigenvalue weighted by Gasteiger charge is 2.34. The molecule has 0 atom stereocenters. The molecule has 1 aromatic rings. The van der Waals surface area contributed by atoms with Gasteiger partial charge >= 0.3 is 0 Å². The molecule has 2 heterocycles. The van der Waals surface area contributed by atoms with Gasteiger partial charge in [0.15, 0.2) is 0 Å². The molecule has 0 amide bonds. The number of anilines is 1. The highest BCUT2D eigenvalue weighted by atomic mass is 127. The van der Waals surface area contributed by atoms with Crippen molar-refractivity contribution in [1.82, 2.24) is 9.97 Å². The van der Waals surface area contributed by atoms with E-state index in [2.05, 4.69) is 32.6 Å². The monoisotopic (exact) mass is 325 g/mol. The van der Waals surface area contributed by atoms with Crippen molar-refractivity contribution in [3.05, 3.63) is 16.1 Å². The van der Waals surface area contributed by atoms with Crippen LogP contribution in [0, 0.1) is 3.57 Å². The van der Waals surface area contributed by atoms with Crippen LogP contribution in [0.5, 0.6) is 0 Å². The van der Waals surface area contributed by atoms with Gasteiger partial charge in [0.2, 0.25) is 0 Å². The second kappa shape index (κ2) is 4.15. The van der Waals surface area contributed by atoms with Crippen LogP contribution in [0.4, 0.5) is 14.6 Å². The zero-order valence-corrected chi connectivity index (χ0v) is 10.1. The molecule has 0 radical (unpaired) electrons. The molecule has 1 fully saturated rings. The van der Waals surface area contributed by atoms with Gasteiger partial charge < -0.3 is 4.90 Å². The van der Waals surface area contributed by atoms with E-state index in [9.17, 15) is 8.78 Å². The minimum absolute atomic E-state index is 0.0902. The molecule has 1 aliphatic heterocycles. The van der Waals surface area contributed by atoms with Crippen LogP contribution in [0.2, 0.25) is 0 Å². The van der Waals surface area contributed by atoms with Crippen LogP contribution in [0.25, 0.3) is 0 Å². The number of piperidine rings is 1. The van der Waals surface area contributed by atoms with Crippen molar-refractivity contribution in [2.75, 3.05) is 18.0 Å². The van der Waals surface area contributed by atoms with E-state index in [4.69, 9.17) is 0 Å². The first-order valence-corrected chi connectivity index (χ1v) is 5.75. The lowest BCUT2D eigenvalue weighted by atomic mass is 10.1. The van der Waals surface area contributed by atoms with E-state index >= 15 is 0 Å². The predicted octanol–water partition coefficient (Wildman–Crippen LogP) is 2.32. The van der Waals surface area contributed by atoms with Crippen LogP contribution >= 0.6 is 22.6 Å². The average Bonchev–Trinajstić information content (AvgIpc) is 2.19. The number of alkyl halides is 2. The molecular formula is C9H10F2IN3. The van der Waals surface area contributed by atoms with Gasteiger partial charge in [-0.05, 0) is 22.6 Å². The lowest BCUT2D eigenvalue weighted by molar-refractivity contribution is -0.0221. The number of hydrogen-bond donors (Lipinski definition) is 0. The van der Waals surface area contributed by atoms with Gasteiger partial charge in [-0.3, -0.25) is 0 Å². The molecule has 0 saturated carbocycles. The highest BCUT2D eigenvalue weighted by Crippen LogP contribution is 2.30. The third-order valence-electron chi connectivity index (χ3n) is 2.44. The summed E-state index contributed by atoms with van der Waals surface area (Å²) >= 11 is 2.12. The molecule has 0 aromatic carbocycles. The van der Waals surface area contributed by atoms with Gasteiger partial charge in [-0.25, -0.2) is 18.7 Å². The molecule has 15 heavy (non-hydrogen) atoms. The fraction of sp³-hybridized carbons (Fsp3) is 0.556. The second-order valence-corrected chi connectivity index (χ2v) is 4.70. The molecule has 1 aromatic heterocycles. The molecule has 2 rings (SSSR count). The number of aromatic nitrogens is 2. The number of halogens is 3. The maximum atomic E-state index is 12.9. The molecule has 6 heteroatoms. The van der Waals surface area contributed by atoms with Gasteiger partial charge in [0.1, 0.15) is 12.1 Å². The summed E-state index contributed by atoms with van der Waals surface area (Å²) in [4.78, 5) is 9.88. The molecule has 0 N–H and O–H groups in total. The molecular weight excluding hydrogens is 315 g/mol. The summed E-state index contributed by atoms with van der Waals surface area (Å²) < 4.78 is 26.8. The summed E-state index contributed by atoms with van der Waals surface area (Å²) in [6.07, 6.45) is 2.96. The Balaban J connectivity index is 2.11. The second-order valence-electron chi connectivity index (χ2n) is 3.54. The van der Waals surface area contributed by atoms with Crippen molar-refractivity contribution < 1.29 is 8.78 Å². The number of nitrogens with zero attached hydrogens (tertiary/aromatic N) is 3. The average molecular weight is 325 g/mol. The molecule has 0 bridgehead atoms. The minimum atomic E-state index is -2.50. The van der Waals surface area contributed by atoms with Gasteiger partial charge in [-0.2, -0.15) is 0 Å². The van der Waals surface area contributed by atoms with Crippen LogP contribution in [0.1, 0.15) is 12.8 Å². The summed E-state index contributed by atoms with van der Waals surface area (Å²) in [5, 5.41) is 0. The lowest BCUT2D eigenvalue weighted by Crippen LogP contribution is -2.40. The molecule has 1 aliphatic rings. The van der Waals surface area contributed by atoms with Crippen LogP contribution in [0.3, 0.4) is 0 Å². The highest BCUT2D eigenvalue weighted by molar-refractivity contribution is 14.1. The van der Waals surface area contributed by atoms with Crippen LogP contribution in [-0.4, -0.2) is 29.0 Å². The lowest BCUT2D eigenvalue weighted by Gasteiger charge is -2.32. The smallest absolute Gasteiger partial charge is 0.251 e. The van der Waals surface area contributed by atoms with Gasteiger partial charge in [-0.1, -0.05) is 0 Å². The Bertz CT molecular complexity index is 349. The van der Waals surface area contributed by atoms with Crippen LogP contribution in [0.15, 0.2) is 12.5 Å². The predicted molar refractivity (Wildman–Crippen MR) is 61.1 cm³/mol. The Hall–Kier alpha value is -0.530. The van der Waals surface area contributed by atoms with Crippen LogP contribution < -0.4 is 4.90 Å². The zero-order chi connectivity index (χ0) is 10.9. The van der Waals surface area contributed by atoms with Crippen molar-refractivity contribution in [2.24, 2.45) is 0 Å². The topological polar surface area (TPSA) is 29.0 Å². The van der Waals surface area contributed by atoms with Gasteiger partial charge in [-0.15, -0.1) is 0 Å². The maximum absolute atomic E-state index is 12.9. The third kappa shape index (κ3) is 2.53. The standard InChI is InChI=1S/C9H10F2IN3/c10-9(11)1-3-15(4-2-9)8-7(12)5-13-6-14-8/h5-6H,1-4H2. The summed E-state index contributed by atoms with van der Waals surface area (Å²) in [5.41, 5.74) is 0. The van der Waals surface area contributed by atoms with E-state index in [0.717, 1.165) is 9.39 Å². The Labute approximate surface area is 100 Å². The van der Waals surface area contributed by atoms with E-state index < -0.39 is 5.92 Å². The molecule has 0 spiro atoms. The fourth-order valence-corrected chi connectivity index (χ4v) is 2.23. The number of rotatable bonds is 1. The maximum Gasteiger partial charge on any atom is 0.251 e. The van der Waals surface area contributed by atoms with Crippen molar-refractivity contribution in [1.29, 1.82) is 0 Å². The summed E-state index contributed by atoms with van der Waals surface area (Å²) in [6, 6.07) is 0. The summed E-state index contributed by atoms with van der Waals surface area (Å²) in [7, 11) is 0. The van der Waals surface area contributed by atoms with Gasteiger partial charge in [0.05, 0.1) is 3.57 Å². The molecule has 3 nitrogen and oxygen atoms in total. The van der Waals surface area contributed by atoms with E-state index in [1.807, 2.05) is 4.90 Å². The Kier molecular flexibility index (Phi) is 3.03. The Morgan fingerprint density at radius 1 is 1.33 bits per heavy atom. The Morgan fingerprint density at radius 2 is 2.00 bits per heavy atom. The van der Waals surface area contributed by atoms with E-state index in [1.54, 1.807) is 6.20 Å². The van der Waals surface area contributed by atoms with E-state index in [0.29, 0.717) is 13.1 Å². The first-order valence-electron chi connectivity index (χ1n) is 4.67. The van der Waals surface area contributed by atoms with Crippen molar-refractivity contribution in [3.8, 4) is 0 Å². The molecule has 0 aliphatic carbocycles. The number of hydrogen-bond acceptors (Lipinski definition) is 3. The Morgan fingerprint density at radius 3 is 2.60 bits per heavy atom. The molecule has 0 unspecified atom stereocenters. The van der Waals surface area contributed by atoms with Crippen molar-refractivity contribution in [2.45, 2.75) is 18.8 Å². The van der Waals surface area contributed by atoms with Crippen molar-refractivity contribution in [3.63, 3.8) is 0 Å².